The van der Waals surface area contributed by atoms with E-state index in [0.717, 1.165) is 4.47 Å². The minimum absolute atomic E-state index is 0.112. The number of halogens is 1. The summed E-state index contributed by atoms with van der Waals surface area (Å²) in [6.45, 7) is 3.34. The standard InChI is InChI=1S/C10H12BrNO3/c1-10(2,9(13)14)6-15-8-3-7(11)4-12-5-8/h3-5H,6H2,1-2H3,(H,13,14). The highest BCUT2D eigenvalue weighted by Crippen LogP contribution is 2.20. The molecule has 1 aromatic heterocycles. The zero-order valence-corrected chi connectivity index (χ0v) is 10.1. The van der Waals surface area contributed by atoms with Crippen LogP contribution in [0.5, 0.6) is 5.75 Å². The van der Waals surface area contributed by atoms with Crippen molar-refractivity contribution in [2.24, 2.45) is 5.41 Å². The Morgan fingerprint density at radius 3 is 2.80 bits per heavy atom. The van der Waals surface area contributed by atoms with Gasteiger partial charge in [-0.1, -0.05) is 0 Å². The summed E-state index contributed by atoms with van der Waals surface area (Å²) in [7, 11) is 0. The molecule has 0 aliphatic rings. The Morgan fingerprint density at radius 1 is 1.60 bits per heavy atom. The van der Waals surface area contributed by atoms with Gasteiger partial charge in [-0.15, -0.1) is 0 Å². The number of hydrogen-bond acceptors (Lipinski definition) is 3. The first-order chi connectivity index (χ1) is 6.92. The van der Waals surface area contributed by atoms with Gasteiger partial charge in [-0.2, -0.15) is 0 Å². The third-order valence-corrected chi connectivity index (χ3v) is 2.29. The Balaban J connectivity index is 2.61. The van der Waals surface area contributed by atoms with Crippen molar-refractivity contribution in [1.82, 2.24) is 4.98 Å². The molecule has 0 unspecified atom stereocenters. The molecule has 0 aliphatic carbocycles. The molecule has 1 heterocycles. The zero-order chi connectivity index (χ0) is 11.5. The predicted molar refractivity (Wildman–Crippen MR) is 58.8 cm³/mol. The van der Waals surface area contributed by atoms with Crippen molar-refractivity contribution in [3.63, 3.8) is 0 Å². The lowest BCUT2D eigenvalue weighted by Crippen LogP contribution is -2.30. The van der Waals surface area contributed by atoms with Gasteiger partial charge in [-0.05, 0) is 35.8 Å². The predicted octanol–water partition coefficient (Wildman–Crippen LogP) is 2.33. The maximum atomic E-state index is 10.8. The topological polar surface area (TPSA) is 59.4 Å². The maximum absolute atomic E-state index is 10.8. The molecule has 0 amide bonds. The Labute approximate surface area is 96.4 Å². The van der Waals surface area contributed by atoms with Gasteiger partial charge in [0.15, 0.2) is 0 Å². The molecule has 0 aromatic carbocycles. The van der Waals surface area contributed by atoms with Crippen LogP contribution in [0, 0.1) is 5.41 Å². The molecule has 0 bridgehead atoms. The molecule has 15 heavy (non-hydrogen) atoms. The van der Waals surface area contributed by atoms with E-state index in [9.17, 15) is 4.79 Å². The van der Waals surface area contributed by atoms with Crippen LogP contribution in [0.25, 0.3) is 0 Å². The van der Waals surface area contributed by atoms with Crippen LogP contribution in [0.15, 0.2) is 22.9 Å². The van der Waals surface area contributed by atoms with Crippen molar-refractivity contribution in [2.75, 3.05) is 6.61 Å². The van der Waals surface area contributed by atoms with Crippen molar-refractivity contribution in [3.05, 3.63) is 22.9 Å². The van der Waals surface area contributed by atoms with Crippen molar-refractivity contribution in [3.8, 4) is 5.75 Å². The van der Waals surface area contributed by atoms with Crippen LogP contribution in [0.3, 0.4) is 0 Å². The van der Waals surface area contributed by atoms with Gasteiger partial charge in [0.1, 0.15) is 12.4 Å². The summed E-state index contributed by atoms with van der Waals surface area (Å²) in [6, 6.07) is 1.74. The molecule has 1 aromatic rings. The van der Waals surface area contributed by atoms with Crippen molar-refractivity contribution in [2.45, 2.75) is 13.8 Å². The zero-order valence-electron chi connectivity index (χ0n) is 8.53. The Kier molecular flexibility index (Phi) is 3.68. The molecular weight excluding hydrogens is 262 g/mol. The Bertz CT molecular complexity index is 365. The molecule has 1 rings (SSSR count). The summed E-state index contributed by atoms with van der Waals surface area (Å²) in [5.74, 6) is -0.329. The van der Waals surface area contributed by atoms with Crippen LogP contribution in [-0.4, -0.2) is 22.7 Å². The smallest absolute Gasteiger partial charge is 0.312 e. The van der Waals surface area contributed by atoms with Gasteiger partial charge in [0, 0.05) is 10.7 Å². The molecule has 0 atom stereocenters. The van der Waals surface area contributed by atoms with Crippen LogP contribution in [0.1, 0.15) is 13.8 Å². The molecule has 0 saturated carbocycles. The molecule has 0 fully saturated rings. The van der Waals surface area contributed by atoms with E-state index < -0.39 is 11.4 Å². The van der Waals surface area contributed by atoms with Gasteiger partial charge >= 0.3 is 5.97 Å². The monoisotopic (exact) mass is 273 g/mol. The average Bonchev–Trinajstić information content (AvgIpc) is 2.15. The van der Waals surface area contributed by atoms with Crippen LogP contribution >= 0.6 is 15.9 Å². The highest BCUT2D eigenvalue weighted by atomic mass is 79.9. The number of hydrogen-bond donors (Lipinski definition) is 1. The second-order valence-corrected chi connectivity index (χ2v) is 4.73. The van der Waals surface area contributed by atoms with Crippen molar-refractivity contribution < 1.29 is 14.6 Å². The number of pyridine rings is 1. The van der Waals surface area contributed by atoms with Gasteiger partial charge < -0.3 is 9.84 Å². The molecular formula is C10H12BrNO3. The second-order valence-electron chi connectivity index (χ2n) is 3.82. The van der Waals surface area contributed by atoms with Gasteiger partial charge in [-0.3, -0.25) is 9.78 Å². The van der Waals surface area contributed by atoms with Crippen LogP contribution in [0.2, 0.25) is 0 Å². The second kappa shape index (κ2) is 4.61. The van der Waals surface area contributed by atoms with E-state index in [-0.39, 0.29) is 6.61 Å². The number of carboxylic acids is 1. The lowest BCUT2D eigenvalue weighted by atomic mass is 9.95. The Morgan fingerprint density at radius 2 is 2.27 bits per heavy atom. The van der Waals surface area contributed by atoms with E-state index in [0.29, 0.717) is 5.75 Å². The van der Waals surface area contributed by atoms with E-state index in [1.165, 1.54) is 0 Å². The summed E-state index contributed by atoms with van der Waals surface area (Å²) >= 11 is 3.25. The van der Waals surface area contributed by atoms with Crippen molar-refractivity contribution >= 4 is 21.9 Å². The summed E-state index contributed by atoms with van der Waals surface area (Å²) in [5.41, 5.74) is -0.900. The summed E-state index contributed by atoms with van der Waals surface area (Å²) < 4.78 is 6.14. The molecule has 0 saturated heterocycles. The normalized spacial score (nSPS) is 11.1. The SMILES string of the molecule is CC(C)(COc1cncc(Br)c1)C(=O)O. The average molecular weight is 274 g/mol. The first-order valence-electron chi connectivity index (χ1n) is 4.38. The summed E-state index contributed by atoms with van der Waals surface area (Å²) in [6.07, 6.45) is 3.18. The van der Waals surface area contributed by atoms with E-state index in [4.69, 9.17) is 9.84 Å². The van der Waals surface area contributed by atoms with E-state index in [2.05, 4.69) is 20.9 Å². The largest absolute Gasteiger partial charge is 0.491 e. The molecule has 0 aliphatic heterocycles. The molecule has 0 radical (unpaired) electrons. The fourth-order valence-corrected chi connectivity index (χ4v) is 1.14. The lowest BCUT2D eigenvalue weighted by molar-refractivity contribution is -0.148. The number of ether oxygens (including phenoxy) is 1. The fourth-order valence-electron chi connectivity index (χ4n) is 0.797. The van der Waals surface area contributed by atoms with E-state index in [1.54, 1.807) is 32.3 Å². The fraction of sp³-hybridized carbons (Fsp3) is 0.400. The van der Waals surface area contributed by atoms with E-state index >= 15 is 0 Å². The van der Waals surface area contributed by atoms with Gasteiger partial charge in [0.25, 0.3) is 0 Å². The highest BCUT2D eigenvalue weighted by molar-refractivity contribution is 9.10. The van der Waals surface area contributed by atoms with Gasteiger partial charge in [-0.25, -0.2) is 0 Å². The maximum Gasteiger partial charge on any atom is 0.312 e. The van der Waals surface area contributed by atoms with E-state index in [1.807, 2.05) is 0 Å². The minimum atomic E-state index is -0.900. The molecule has 5 heteroatoms. The Hall–Kier alpha value is -1.10. The number of carbonyl (C=O) groups is 1. The molecule has 4 nitrogen and oxygen atoms in total. The first-order valence-corrected chi connectivity index (χ1v) is 5.18. The number of rotatable bonds is 4. The van der Waals surface area contributed by atoms with Gasteiger partial charge in [0.2, 0.25) is 0 Å². The van der Waals surface area contributed by atoms with Gasteiger partial charge in [0.05, 0.1) is 11.6 Å². The number of carboxylic acid groups (broad SMARTS) is 1. The summed E-state index contributed by atoms with van der Waals surface area (Å²) in [4.78, 5) is 14.7. The molecule has 0 spiro atoms. The van der Waals surface area contributed by atoms with Crippen molar-refractivity contribution in [1.29, 1.82) is 0 Å². The quantitative estimate of drug-likeness (QED) is 0.915. The van der Waals surface area contributed by atoms with Crippen LogP contribution in [-0.2, 0) is 4.79 Å². The first kappa shape index (κ1) is 12.0. The van der Waals surface area contributed by atoms with Crippen LogP contribution < -0.4 is 4.74 Å². The third-order valence-electron chi connectivity index (χ3n) is 1.86. The van der Waals surface area contributed by atoms with Crippen LogP contribution in [0.4, 0.5) is 0 Å². The number of nitrogens with zero attached hydrogens (tertiary/aromatic N) is 1. The number of aromatic nitrogens is 1. The lowest BCUT2D eigenvalue weighted by Gasteiger charge is -2.19. The molecule has 1 N–H and O–H groups in total. The molecule has 82 valence electrons. The minimum Gasteiger partial charge on any atom is -0.491 e. The summed E-state index contributed by atoms with van der Waals surface area (Å²) in [5, 5.41) is 8.87. The highest BCUT2D eigenvalue weighted by Gasteiger charge is 2.28. The third kappa shape index (κ3) is 3.51. The number of aliphatic carboxylic acids is 1.